The molecule has 0 aliphatic heterocycles. The summed E-state index contributed by atoms with van der Waals surface area (Å²) in [5.74, 6) is 0. The van der Waals surface area contributed by atoms with Crippen LogP contribution in [0.1, 0.15) is 40.5 Å². The predicted molar refractivity (Wildman–Crippen MR) is 127 cm³/mol. The monoisotopic (exact) mass is 436 g/mol. The Morgan fingerprint density at radius 2 is 1.31 bits per heavy atom. The van der Waals surface area contributed by atoms with E-state index in [0.29, 0.717) is 17.4 Å². The summed E-state index contributed by atoms with van der Waals surface area (Å²) in [6.07, 6.45) is 2.49. The minimum atomic E-state index is -1.91. The van der Waals surface area contributed by atoms with Gasteiger partial charge in [0, 0.05) is 11.8 Å². The molecular formula is C19H48O3Si4. The molecule has 0 saturated heterocycles. The summed E-state index contributed by atoms with van der Waals surface area (Å²) in [4.78, 5) is 0. The molecule has 0 rings (SSSR count). The maximum absolute atomic E-state index is 6.78. The molecule has 7 heteroatoms. The molecule has 0 fully saturated rings. The van der Waals surface area contributed by atoms with Gasteiger partial charge in [-0.05, 0) is 64.6 Å². The molecule has 5 atom stereocenters. The average Bonchev–Trinajstić information content (AvgIpc) is 2.46. The predicted octanol–water partition coefficient (Wildman–Crippen LogP) is 6.18. The van der Waals surface area contributed by atoms with Gasteiger partial charge in [-0.25, -0.2) is 0 Å². The smallest absolute Gasteiger partial charge is 0.213 e. The zero-order chi connectivity index (χ0) is 20.9. The van der Waals surface area contributed by atoms with Crippen molar-refractivity contribution in [1.82, 2.24) is 0 Å². The van der Waals surface area contributed by atoms with Gasteiger partial charge in [0.05, 0.1) is 13.8 Å². The van der Waals surface area contributed by atoms with Crippen LogP contribution < -0.4 is 0 Å². The quantitative estimate of drug-likeness (QED) is 0.342. The fourth-order valence-electron chi connectivity index (χ4n) is 3.32. The molecule has 158 valence electrons. The summed E-state index contributed by atoms with van der Waals surface area (Å²) in [5, 5.41) is 0. The summed E-state index contributed by atoms with van der Waals surface area (Å²) in [6.45, 7) is 30.2. The van der Waals surface area contributed by atoms with Crippen LogP contribution in [0.5, 0.6) is 0 Å². The van der Waals surface area contributed by atoms with E-state index in [0.717, 1.165) is 12.8 Å². The largest absolute Gasteiger partial charge is 0.420 e. The Hall–Kier alpha value is 0.748. The first-order valence-corrected chi connectivity index (χ1v) is 22.8. The van der Waals surface area contributed by atoms with Gasteiger partial charge in [0.1, 0.15) is 0 Å². The maximum atomic E-state index is 6.78. The van der Waals surface area contributed by atoms with Gasteiger partial charge in [0.2, 0.25) is 8.32 Å². The summed E-state index contributed by atoms with van der Waals surface area (Å²) < 4.78 is 19.8. The van der Waals surface area contributed by atoms with Crippen LogP contribution >= 0.6 is 0 Å². The lowest BCUT2D eigenvalue weighted by Gasteiger charge is -2.40. The highest BCUT2D eigenvalue weighted by atomic mass is 28.4. The molecule has 0 aliphatic carbocycles. The Balaban J connectivity index is 5.04. The molecule has 0 heterocycles. The highest BCUT2D eigenvalue weighted by Crippen LogP contribution is 2.29. The molecule has 5 unspecified atom stereocenters. The lowest BCUT2D eigenvalue weighted by atomic mass is 10.2. The van der Waals surface area contributed by atoms with Gasteiger partial charge in [-0.1, -0.05) is 40.4 Å². The van der Waals surface area contributed by atoms with E-state index in [1.807, 2.05) is 0 Å². The molecule has 3 nitrogen and oxygen atoms in total. The molecule has 0 bridgehead atoms. The SMILES string of the molecule is CCC(O[Si](C)(C)C(C)O[Si](C)(C)C)C(C)[SiH](C)OC(CC)[Si](C)(C)C. The molecule has 0 spiro atoms. The van der Waals surface area contributed by atoms with Gasteiger partial charge < -0.3 is 13.3 Å². The second kappa shape index (κ2) is 10.5. The van der Waals surface area contributed by atoms with Gasteiger partial charge in [0.25, 0.3) is 0 Å². The van der Waals surface area contributed by atoms with E-state index in [1.54, 1.807) is 0 Å². The summed E-state index contributed by atoms with van der Waals surface area (Å²) >= 11 is 0. The van der Waals surface area contributed by atoms with Crippen molar-refractivity contribution in [3.63, 3.8) is 0 Å². The number of rotatable bonds is 12. The van der Waals surface area contributed by atoms with E-state index in [2.05, 4.69) is 86.6 Å². The third-order valence-corrected chi connectivity index (χ3v) is 15.1. The highest BCUT2D eigenvalue weighted by Gasteiger charge is 2.39. The normalized spacial score (nSPS) is 19.7. The van der Waals surface area contributed by atoms with Crippen LogP contribution in [0, 0.1) is 0 Å². The first-order valence-electron chi connectivity index (χ1n) is 10.6. The average molecular weight is 437 g/mol. The van der Waals surface area contributed by atoms with Gasteiger partial charge in [-0.3, -0.25) is 0 Å². The van der Waals surface area contributed by atoms with Crippen LogP contribution in [-0.4, -0.2) is 51.3 Å². The van der Waals surface area contributed by atoms with E-state index < -0.39 is 33.7 Å². The van der Waals surface area contributed by atoms with E-state index in [4.69, 9.17) is 13.3 Å². The molecule has 0 aromatic heterocycles. The van der Waals surface area contributed by atoms with Gasteiger partial charge in [0.15, 0.2) is 17.4 Å². The second-order valence-corrected chi connectivity index (χ2v) is 27.3. The number of hydrogen-bond acceptors (Lipinski definition) is 3. The van der Waals surface area contributed by atoms with E-state index in [1.165, 1.54) is 0 Å². The van der Waals surface area contributed by atoms with Gasteiger partial charge >= 0.3 is 0 Å². The first-order chi connectivity index (χ1) is 11.5. The summed E-state index contributed by atoms with van der Waals surface area (Å²) in [7, 11) is -6.03. The molecule has 0 aliphatic rings. The Morgan fingerprint density at radius 1 is 0.808 bits per heavy atom. The first kappa shape index (κ1) is 26.7. The topological polar surface area (TPSA) is 27.7 Å². The molecule has 0 radical (unpaired) electrons. The maximum Gasteiger partial charge on any atom is 0.213 e. The molecule has 0 aromatic rings. The van der Waals surface area contributed by atoms with Gasteiger partial charge in [-0.2, -0.15) is 0 Å². The molecule has 0 N–H and O–H groups in total. The molecular weight excluding hydrogens is 389 g/mol. The summed E-state index contributed by atoms with van der Waals surface area (Å²) in [5.41, 5.74) is 1.23. The van der Waals surface area contributed by atoms with E-state index in [9.17, 15) is 0 Å². The van der Waals surface area contributed by atoms with E-state index in [-0.39, 0.29) is 5.73 Å². The Bertz CT molecular complexity index is 405. The van der Waals surface area contributed by atoms with Crippen molar-refractivity contribution in [2.24, 2.45) is 0 Å². The highest BCUT2D eigenvalue weighted by molar-refractivity contribution is 6.78. The lowest BCUT2D eigenvalue weighted by molar-refractivity contribution is 0.141. The zero-order valence-electron chi connectivity index (χ0n) is 20.0. The van der Waals surface area contributed by atoms with Crippen molar-refractivity contribution < 1.29 is 13.3 Å². The van der Waals surface area contributed by atoms with Crippen LogP contribution in [0.3, 0.4) is 0 Å². The van der Waals surface area contributed by atoms with Crippen molar-refractivity contribution in [1.29, 1.82) is 0 Å². The molecule has 0 amide bonds. The Labute approximate surface area is 169 Å². The molecule has 0 aromatic carbocycles. The third-order valence-electron chi connectivity index (χ3n) is 5.41. The number of hydrogen-bond donors (Lipinski definition) is 0. The van der Waals surface area contributed by atoms with Crippen molar-refractivity contribution in [2.45, 2.75) is 123 Å². The zero-order valence-corrected chi connectivity index (χ0v) is 24.2. The van der Waals surface area contributed by atoms with Crippen LogP contribution in [0.25, 0.3) is 0 Å². The fourth-order valence-corrected chi connectivity index (χ4v) is 13.5. The van der Waals surface area contributed by atoms with Crippen LogP contribution in [0.15, 0.2) is 0 Å². The molecule has 0 saturated carbocycles. The minimum Gasteiger partial charge on any atom is -0.420 e. The third kappa shape index (κ3) is 9.30. The van der Waals surface area contributed by atoms with Crippen molar-refractivity contribution in [2.75, 3.05) is 0 Å². The summed E-state index contributed by atoms with van der Waals surface area (Å²) in [6, 6.07) is 0. The fraction of sp³-hybridized carbons (Fsp3) is 1.00. The minimum absolute atomic E-state index is 0.235. The van der Waals surface area contributed by atoms with Crippen LogP contribution in [0.4, 0.5) is 0 Å². The Morgan fingerprint density at radius 3 is 1.65 bits per heavy atom. The standard InChI is InChI=1S/C19H48O3Si4/c1-14-18(22-26(12,13)17(4)21-25(9,10)11)16(3)23(5)20-19(15-2)24(6,7)8/h16-19,23H,14-15H2,1-13H3. The Kier molecular flexibility index (Phi) is 10.8. The van der Waals surface area contributed by atoms with Crippen molar-refractivity contribution in [3.8, 4) is 0 Å². The van der Waals surface area contributed by atoms with Crippen LogP contribution in [0.2, 0.25) is 64.5 Å². The van der Waals surface area contributed by atoms with Crippen LogP contribution in [-0.2, 0) is 13.3 Å². The van der Waals surface area contributed by atoms with Crippen molar-refractivity contribution in [3.05, 3.63) is 0 Å². The lowest BCUT2D eigenvalue weighted by Crippen LogP contribution is -2.52. The molecule has 26 heavy (non-hydrogen) atoms. The van der Waals surface area contributed by atoms with Gasteiger partial charge in [-0.15, -0.1) is 0 Å². The van der Waals surface area contributed by atoms with Crippen molar-refractivity contribution >= 4 is 33.7 Å². The van der Waals surface area contributed by atoms with E-state index >= 15 is 0 Å². The second-order valence-electron chi connectivity index (χ2n) is 10.5.